The number of alkyl halides is 5. The van der Waals surface area contributed by atoms with Crippen LogP contribution in [0.1, 0.15) is 23.2 Å². The third-order valence-corrected chi connectivity index (χ3v) is 1.83. The molecule has 2 N–H and O–H groups in total. The van der Waals surface area contributed by atoms with E-state index < -0.39 is 41.6 Å². The molecule has 0 unspecified atom stereocenters. The maximum atomic E-state index is 12.4. The zero-order chi connectivity index (χ0) is 12.5. The second-order valence-electron chi connectivity index (χ2n) is 2.90. The Labute approximate surface area is 85.5 Å². The smallest absolute Gasteiger partial charge is 0.390 e. The highest BCUT2D eigenvalue weighted by Gasteiger charge is 2.38. The van der Waals surface area contributed by atoms with Crippen molar-refractivity contribution in [3.05, 3.63) is 33.2 Å². The molecule has 8 heteroatoms. The zero-order valence-electron chi connectivity index (χ0n) is 7.61. The van der Waals surface area contributed by atoms with Gasteiger partial charge < -0.3 is 10.1 Å². The van der Waals surface area contributed by atoms with Crippen molar-refractivity contribution in [3.63, 3.8) is 0 Å². The SMILES string of the molecule is O=c1cc(C(F)F)c(C(F)(F)F)c(CO)[nH]1. The van der Waals surface area contributed by atoms with Gasteiger partial charge in [-0.15, -0.1) is 0 Å². The van der Waals surface area contributed by atoms with Gasteiger partial charge in [-0.3, -0.25) is 4.79 Å². The molecule has 0 aromatic carbocycles. The van der Waals surface area contributed by atoms with Crippen LogP contribution in [-0.2, 0) is 12.8 Å². The highest BCUT2D eigenvalue weighted by molar-refractivity contribution is 5.33. The zero-order valence-corrected chi connectivity index (χ0v) is 7.61. The van der Waals surface area contributed by atoms with Gasteiger partial charge in [-0.1, -0.05) is 0 Å². The number of nitrogens with one attached hydrogen (secondary N) is 1. The third-order valence-electron chi connectivity index (χ3n) is 1.83. The van der Waals surface area contributed by atoms with E-state index in [1.807, 2.05) is 0 Å². The van der Waals surface area contributed by atoms with Crippen molar-refractivity contribution in [2.45, 2.75) is 19.2 Å². The topological polar surface area (TPSA) is 53.1 Å². The lowest BCUT2D eigenvalue weighted by molar-refractivity contribution is -0.141. The first-order valence-electron chi connectivity index (χ1n) is 3.99. The molecule has 0 saturated carbocycles. The molecular formula is C8H6F5NO2. The summed E-state index contributed by atoms with van der Waals surface area (Å²) in [5, 5.41) is 8.60. The van der Waals surface area contributed by atoms with Gasteiger partial charge in [0.2, 0.25) is 5.56 Å². The van der Waals surface area contributed by atoms with Crippen LogP contribution in [0, 0.1) is 0 Å². The minimum atomic E-state index is -5.06. The Morgan fingerprint density at radius 2 is 1.94 bits per heavy atom. The number of aromatic nitrogens is 1. The number of halogens is 5. The van der Waals surface area contributed by atoms with Gasteiger partial charge in [0.05, 0.1) is 17.9 Å². The number of aromatic amines is 1. The molecule has 90 valence electrons. The van der Waals surface area contributed by atoms with Crippen molar-refractivity contribution >= 4 is 0 Å². The Morgan fingerprint density at radius 3 is 2.31 bits per heavy atom. The highest BCUT2D eigenvalue weighted by Crippen LogP contribution is 2.37. The summed E-state index contributed by atoms with van der Waals surface area (Å²) in [4.78, 5) is 12.5. The number of aliphatic hydroxyl groups excluding tert-OH is 1. The van der Waals surface area contributed by atoms with E-state index in [0.29, 0.717) is 0 Å². The van der Waals surface area contributed by atoms with Crippen LogP contribution >= 0.6 is 0 Å². The molecule has 1 heterocycles. The van der Waals surface area contributed by atoms with Gasteiger partial charge in [0.15, 0.2) is 0 Å². The van der Waals surface area contributed by atoms with E-state index in [4.69, 9.17) is 5.11 Å². The van der Waals surface area contributed by atoms with Crippen LogP contribution in [0.2, 0.25) is 0 Å². The lowest BCUT2D eigenvalue weighted by atomic mass is 10.1. The van der Waals surface area contributed by atoms with Gasteiger partial charge in [0, 0.05) is 11.6 Å². The third kappa shape index (κ3) is 2.38. The van der Waals surface area contributed by atoms with Gasteiger partial charge in [-0.2, -0.15) is 13.2 Å². The van der Waals surface area contributed by atoms with E-state index in [2.05, 4.69) is 0 Å². The summed E-state index contributed by atoms with van der Waals surface area (Å²) in [6, 6.07) is 0.173. The molecule has 0 amide bonds. The lowest BCUT2D eigenvalue weighted by Crippen LogP contribution is -2.20. The van der Waals surface area contributed by atoms with Gasteiger partial charge >= 0.3 is 6.18 Å². The van der Waals surface area contributed by atoms with E-state index >= 15 is 0 Å². The van der Waals surface area contributed by atoms with E-state index in [-0.39, 0.29) is 6.07 Å². The summed E-state index contributed by atoms with van der Waals surface area (Å²) in [6.45, 7) is -1.18. The monoisotopic (exact) mass is 243 g/mol. The molecule has 0 atom stereocenters. The molecule has 0 aliphatic heterocycles. The second kappa shape index (κ2) is 4.20. The maximum absolute atomic E-state index is 12.4. The van der Waals surface area contributed by atoms with Gasteiger partial charge in [0.1, 0.15) is 0 Å². The summed E-state index contributed by atoms with van der Waals surface area (Å²) in [6.07, 6.45) is -8.50. The van der Waals surface area contributed by atoms with E-state index in [1.54, 1.807) is 4.98 Å². The van der Waals surface area contributed by atoms with E-state index in [0.717, 1.165) is 0 Å². The van der Waals surface area contributed by atoms with Crippen molar-refractivity contribution in [1.29, 1.82) is 0 Å². The van der Waals surface area contributed by atoms with Crippen molar-refractivity contribution in [2.75, 3.05) is 0 Å². The van der Waals surface area contributed by atoms with Gasteiger partial charge in [0.25, 0.3) is 6.43 Å². The number of pyridine rings is 1. The molecule has 0 bridgehead atoms. The second-order valence-corrected chi connectivity index (χ2v) is 2.90. The Morgan fingerprint density at radius 1 is 1.38 bits per heavy atom. The Hall–Kier alpha value is -1.44. The van der Waals surface area contributed by atoms with Crippen LogP contribution in [0.25, 0.3) is 0 Å². The van der Waals surface area contributed by atoms with E-state index in [9.17, 15) is 26.7 Å². The molecule has 3 nitrogen and oxygen atoms in total. The first-order valence-corrected chi connectivity index (χ1v) is 3.99. The van der Waals surface area contributed by atoms with Crippen LogP contribution in [0.5, 0.6) is 0 Å². The normalized spacial score (nSPS) is 12.2. The van der Waals surface area contributed by atoms with Crippen LogP contribution in [0.3, 0.4) is 0 Å². The molecule has 0 saturated heterocycles. The van der Waals surface area contributed by atoms with Crippen molar-refractivity contribution in [3.8, 4) is 0 Å². The molecule has 0 spiro atoms. The number of hydrogen-bond acceptors (Lipinski definition) is 2. The molecule has 1 aromatic heterocycles. The van der Waals surface area contributed by atoms with E-state index in [1.165, 1.54) is 0 Å². The van der Waals surface area contributed by atoms with Crippen molar-refractivity contribution in [1.82, 2.24) is 4.98 Å². The minimum Gasteiger partial charge on any atom is -0.390 e. The summed E-state index contributed by atoms with van der Waals surface area (Å²) in [7, 11) is 0. The Bertz CT molecular complexity index is 437. The lowest BCUT2D eigenvalue weighted by Gasteiger charge is -2.15. The fraction of sp³-hybridized carbons (Fsp3) is 0.375. The first kappa shape index (κ1) is 12.6. The summed E-state index contributed by atoms with van der Waals surface area (Å²) in [5.41, 5.74) is -5.20. The van der Waals surface area contributed by atoms with Crippen molar-refractivity contribution in [2.24, 2.45) is 0 Å². The van der Waals surface area contributed by atoms with Crippen LogP contribution in [-0.4, -0.2) is 10.1 Å². The largest absolute Gasteiger partial charge is 0.418 e. The molecular weight excluding hydrogens is 237 g/mol. The predicted molar refractivity (Wildman–Crippen MR) is 42.9 cm³/mol. The Balaban J connectivity index is 3.58. The molecule has 0 aliphatic rings. The standard InChI is InChI=1S/C8H6F5NO2/c9-7(10)3-1-5(16)14-4(2-15)6(3)8(11,12)13/h1,7,15H,2H2,(H,14,16). The van der Waals surface area contributed by atoms with Crippen LogP contribution < -0.4 is 5.56 Å². The number of H-pyrrole nitrogens is 1. The Kier molecular flexibility index (Phi) is 3.32. The summed E-state index contributed by atoms with van der Waals surface area (Å²) < 4.78 is 61.9. The molecule has 1 aromatic rings. The molecule has 0 aliphatic carbocycles. The van der Waals surface area contributed by atoms with Crippen LogP contribution in [0.4, 0.5) is 22.0 Å². The first-order chi connectivity index (χ1) is 7.27. The summed E-state index contributed by atoms with van der Waals surface area (Å²) >= 11 is 0. The summed E-state index contributed by atoms with van der Waals surface area (Å²) in [5.74, 6) is 0. The van der Waals surface area contributed by atoms with Gasteiger partial charge in [-0.25, -0.2) is 8.78 Å². The quantitative estimate of drug-likeness (QED) is 0.778. The van der Waals surface area contributed by atoms with Crippen LogP contribution in [0.15, 0.2) is 10.9 Å². The average Bonchev–Trinajstić information content (AvgIpc) is 2.14. The molecule has 0 fully saturated rings. The minimum absolute atomic E-state index is 0.173. The molecule has 16 heavy (non-hydrogen) atoms. The number of aliphatic hydroxyl groups is 1. The molecule has 0 radical (unpaired) electrons. The number of rotatable bonds is 2. The van der Waals surface area contributed by atoms with Crippen molar-refractivity contribution < 1.29 is 27.1 Å². The fourth-order valence-electron chi connectivity index (χ4n) is 1.26. The average molecular weight is 243 g/mol. The number of hydrogen-bond donors (Lipinski definition) is 2. The van der Waals surface area contributed by atoms with Gasteiger partial charge in [-0.05, 0) is 0 Å². The highest BCUT2D eigenvalue weighted by atomic mass is 19.4. The molecule has 1 rings (SSSR count). The maximum Gasteiger partial charge on any atom is 0.418 e. The fourth-order valence-corrected chi connectivity index (χ4v) is 1.26. The predicted octanol–water partition coefficient (Wildman–Crippen LogP) is 1.82.